The molecule has 2 bridgehead atoms. The van der Waals surface area contributed by atoms with E-state index >= 15 is 0 Å². The number of hydrogen-bond acceptors (Lipinski definition) is 4. The van der Waals surface area contributed by atoms with Crippen LogP contribution in [-0.2, 0) is 19.6 Å². The highest BCUT2D eigenvalue weighted by atomic mass is 32.2. The Kier molecular flexibility index (Phi) is 3.98. The molecule has 0 radical (unpaired) electrons. The zero-order valence-electron chi connectivity index (χ0n) is 10.8. The van der Waals surface area contributed by atoms with Crippen LogP contribution < -0.4 is 0 Å². The van der Waals surface area contributed by atoms with E-state index in [4.69, 9.17) is 4.55 Å². The van der Waals surface area contributed by atoms with E-state index in [1.165, 1.54) is 0 Å². The summed E-state index contributed by atoms with van der Waals surface area (Å²) in [7, 11) is -6.34. The first-order valence-corrected chi connectivity index (χ1v) is 7.80. The van der Waals surface area contributed by atoms with Crippen molar-refractivity contribution in [3.05, 3.63) is 0 Å². The second kappa shape index (κ2) is 5.08. The molecular formula is C11H14F4O5S. The van der Waals surface area contributed by atoms with E-state index in [9.17, 15) is 30.8 Å². The first kappa shape index (κ1) is 16.5. The van der Waals surface area contributed by atoms with Crippen molar-refractivity contribution in [2.45, 2.75) is 36.9 Å². The third kappa shape index (κ3) is 2.75. The lowest BCUT2D eigenvalue weighted by Crippen LogP contribution is -2.55. The summed E-state index contributed by atoms with van der Waals surface area (Å²) in [6, 6.07) is 0. The second-order valence-corrected chi connectivity index (χ2v) is 7.11. The monoisotopic (exact) mass is 334 g/mol. The van der Waals surface area contributed by atoms with Gasteiger partial charge in [-0.1, -0.05) is 6.42 Å². The summed E-state index contributed by atoms with van der Waals surface area (Å²) in [5, 5.41) is -5.45. The van der Waals surface area contributed by atoms with E-state index in [0.717, 1.165) is 19.3 Å². The Balaban J connectivity index is 2.07. The number of halogens is 4. The lowest BCUT2D eigenvalue weighted by Gasteiger charge is -2.25. The van der Waals surface area contributed by atoms with Crippen molar-refractivity contribution in [2.75, 3.05) is 6.61 Å². The maximum Gasteiger partial charge on any atom is 0.451 e. The fourth-order valence-corrected chi connectivity index (χ4v) is 3.79. The fourth-order valence-electron chi connectivity index (χ4n) is 3.22. The Bertz CT molecular complexity index is 531. The van der Waals surface area contributed by atoms with Gasteiger partial charge in [-0.2, -0.15) is 21.6 Å². The Morgan fingerprint density at radius 3 is 2.19 bits per heavy atom. The molecule has 0 saturated heterocycles. The molecule has 0 spiro atoms. The molecule has 2 fully saturated rings. The van der Waals surface area contributed by atoms with Crippen LogP contribution in [0.25, 0.3) is 0 Å². The zero-order valence-corrected chi connectivity index (χ0v) is 11.6. The number of alkyl halides is 4. The quantitative estimate of drug-likeness (QED) is 0.484. The molecule has 2 rings (SSSR count). The van der Waals surface area contributed by atoms with E-state index in [0.29, 0.717) is 12.3 Å². The molecule has 0 aliphatic heterocycles. The summed E-state index contributed by atoms with van der Waals surface area (Å²) >= 11 is 0. The number of esters is 1. The highest BCUT2D eigenvalue weighted by Gasteiger charge is 2.72. The van der Waals surface area contributed by atoms with Gasteiger partial charge in [0.05, 0.1) is 6.61 Å². The standard InChI is InChI=1S/C11H14F4O5S/c12-10(11(13,14)15,21(17,18)19)9(16)20-5-8-4-6-1-2-7(8)3-6/h6-8H,1-5H2,(H,17,18,19). The Morgan fingerprint density at radius 2 is 1.81 bits per heavy atom. The molecule has 2 aliphatic carbocycles. The maximum absolute atomic E-state index is 13.6. The predicted octanol–water partition coefficient (Wildman–Crippen LogP) is 2.08. The van der Waals surface area contributed by atoms with Crippen LogP contribution in [0.1, 0.15) is 25.7 Å². The van der Waals surface area contributed by atoms with Crippen molar-refractivity contribution in [2.24, 2.45) is 17.8 Å². The van der Waals surface area contributed by atoms with Crippen LogP contribution in [0, 0.1) is 17.8 Å². The molecule has 2 saturated carbocycles. The summed E-state index contributed by atoms with van der Waals surface area (Å²) in [6.07, 6.45) is -2.69. The topological polar surface area (TPSA) is 80.7 Å². The van der Waals surface area contributed by atoms with Crippen LogP contribution in [0.3, 0.4) is 0 Å². The van der Waals surface area contributed by atoms with E-state index in [2.05, 4.69) is 4.74 Å². The first-order chi connectivity index (χ1) is 9.47. The Hall–Kier alpha value is -0.900. The molecule has 21 heavy (non-hydrogen) atoms. The highest BCUT2D eigenvalue weighted by Crippen LogP contribution is 2.48. The number of hydrogen-bond donors (Lipinski definition) is 1. The van der Waals surface area contributed by atoms with Crippen LogP contribution in [0.4, 0.5) is 17.6 Å². The first-order valence-electron chi connectivity index (χ1n) is 6.36. The van der Waals surface area contributed by atoms with Gasteiger partial charge in [0.25, 0.3) is 0 Å². The van der Waals surface area contributed by atoms with Gasteiger partial charge in [-0.15, -0.1) is 0 Å². The van der Waals surface area contributed by atoms with Crippen molar-refractivity contribution < 1.29 is 40.1 Å². The van der Waals surface area contributed by atoms with Gasteiger partial charge in [-0.05, 0) is 37.0 Å². The average molecular weight is 334 g/mol. The van der Waals surface area contributed by atoms with E-state index < -0.39 is 33.9 Å². The maximum atomic E-state index is 13.6. The Morgan fingerprint density at radius 1 is 1.19 bits per heavy atom. The van der Waals surface area contributed by atoms with Crippen LogP contribution >= 0.6 is 0 Å². The van der Waals surface area contributed by atoms with Crippen molar-refractivity contribution >= 4 is 16.1 Å². The molecule has 4 atom stereocenters. The largest absolute Gasteiger partial charge is 0.462 e. The van der Waals surface area contributed by atoms with Crippen molar-refractivity contribution in [1.29, 1.82) is 0 Å². The van der Waals surface area contributed by atoms with Crippen molar-refractivity contribution in [1.82, 2.24) is 0 Å². The molecule has 4 unspecified atom stereocenters. The van der Waals surface area contributed by atoms with Crippen molar-refractivity contribution in [3.8, 4) is 0 Å². The lowest BCUT2D eigenvalue weighted by molar-refractivity contribution is -0.216. The number of fused-ring (bicyclic) bond motifs is 2. The number of ether oxygens (including phenoxy) is 1. The molecular weight excluding hydrogens is 320 g/mol. The molecule has 0 aromatic carbocycles. The lowest BCUT2D eigenvalue weighted by atomic mass is 9.89. The molecule has 0 heterocycles. The van der Waals surface area contributed by atoms with Crippen molar-refractivity contribution in [3.63, 3.8) is 0 Å². The number of carbonyl (C=O) groups excluding carboxylic acids is 1. The summed E-state index contributed by atoms with van der Waals surface area (Å²) in [5.74, 6) is -2.20. The summed E-state index contributed by atoms with van der Waals surface area (Å²) in [6.45, 7) is -0.475. The van der Waals surface area contributed by atoms with Gasteiger partial charge in [0.2, 0.25) is 0 Å². The van der Waals surface area contributed by atoms with Crippen LogP contribution in [0.5, 0.6) is 0 Å². The molecule has 1 N–H and O–H groups in total. The van der Waals surface area contributed by atoms with E-state index in [1.807, 2.05) is 0 Å². The van der Waals surface area contributed by atoms with Crippen LogP contribution in [-0.4, -0.2) is 36.7 Å². The summed E-state index contributed by atoms with van der Waals surface area (Å²) in [4.78, 5) is 11.3. The van der Waals surface area contributed by atoms with Gasteiger partial charge in [0, 0.05) is 0 Å². The van der Waals surface area contributed by atoms with E-state index in [1.54, 1.807) is 0 Å². The van der Waals surface area contributed by atoms with Crippen LogP contribution in [0.2, 0.25) is 0 Å². The summed E-state index contributed by atoms with van der Waals surface area (Å²) in [5.41, 5.74) is 0. The second-order valence-electron chi connectivity index (χ2n) is 5.60. The van der Waals surface area contributed by atoms with E-state index in [-0.39, 0.29) is 11.8 Å². The molecule has 0 aromatic heterocycles. The minimum atomic E-state index is -6.34. The minimum Gasteiger partial charge on any atom is -0.462 e. The molecule has 122 valence electrons. The normalized spacial score (nSPS) is 32.0. The Labute approximate surface area is 118 Å². The summed E-state index contributed by atoms with van der Waals surface area (Å²) < 4.78 is 85.0. The van der Waals surface area contributed by atoms with Gasteiger partial charge in [-0.3, -0.25) is 4.55 Å². The highest BCUT2D eigenvalue weighted by molar-refractivity contribution is 7.88. The van der Waals surface area contributed by atoms with Gasteiger partial charge in [0.1, 0.15) is 0 Å². The minimum absolute atomic E-state index is 0.188. The van der Waals surface area contributed by atoms with Gasteiger partial charge in [-0.25, -0.2) is 9.18 Å². The molecule has 5 nitrogen and oxygen atoms in total. The SMILES string of the molecule is O=C(OCC1CC2CCC1C2)C(F)(C(F)(F)F)S(=O)(=O)O. The molecule has 2 aliphatic rings. The zero-order chi connectivity index (χ0) is 16.1. The van der Waals surface area contributed by atoms with Crippen LogP contribution in [0.15, 0.2) is 0 Å². The molecule has 0 amide bonds. The number of carbonyl (C=O) groups is 1. The van der Waals surface area contributed by atoms with Gasteiger partial charge >= 0.3 is 27.3 Å². The third-order valence-electron chi connectivity index (χ3n) is 4.30. The van der Waals surface area contributed by atoms with Gasteiger partial charge in [0.15, 0.2) is 0 Å². The number of rotatable bonds is 4. The predicted molar refractivity (Wildman–Crippen MR) is 61.3 cm³/mol. The molecule has 0 aromatic rings. The van der Waals surface area contributed by atoms with Gasteiger partial charge < -0.3 is 4.74 Å². The fraction of sp³-hybridized carbons (Fsp3) is 0.909. The third-order valence-corrected chi connectivity index (χ3v) is 5.40. The average Bonchev–Trinajstić information content (AvgIpc) is 2.93. The molecule has 10 heteroatoms. The smallest absolute Gasteiger partial charge is 0.451 e.